The number of nitrogens with zero attached hydrogens (tertiary/aromatic N) is 9. The molecule has 3 spiro atoms. The van der Waals surface area contributed by atoms with Crippen LogP contribution in [0.1, 0.15) is 158 Å². The van der Waals surface area contributed by atoms with Crippen molar-refractivity contribution in [3.8, 4) is 63.5 Å². The lowest BCUT2D eigenvalue weighted by Gasteiger charge is -2.45. The maximum absolute atomic E-state index is 13.3. The summed E-state index contributed by atoms with van der Waals surface area (Å²) in [4.78, 5) is 45.7. The Morgan fingerprint density at radius 2 is 1.06 bits per heavy atom. The highest BCUT2D eigenvalue weighted by atomic mass is 32.2. The fourth-order valence-corrected chi connectivity index (χ4v) is 16.5. The van der Waals surface area contributed by atoms with Gasteiger partial charge >= 0.3 is 0 Å². The lowest BCUT2D eigenvalue weighted by Crippen LogP contribution is -2.50. The predicted octanol–water partition coefficient (Wildman–Crippen LogP) is 12.6. The second kappa shape index (κ2) is 27.7. The molecule has 3 amide bonds. The number of fused-ring (bicyclic) bond motifs is 12. The number of carbonyl (C=O) groups excluding carboxylic acids is 3. The van der Waals surface area contributed by atoms with E-state index in [1.165, 1.54) is 0 Å². The molecule has 0 atom stereocenters. The number of likely N-dealkylation sites (tertiary alicyclic amines) is 3. The number of aliphatic hydroxyl groups is 2. The number of aryl methyl sites for hydroxylation is 2. The number of nitriles is 2. The molecule has 0 unspecified atom stereocenters. The molecule has 6 aliphatic rings. The van der Waals surface area contributed by atoms with E-state index in [2.05, 4.69) is 23.3 Å². The van der Waals surface area contributed by atoms with Gasteiger partial charge in [0.15, 0.2) is 32.5 Å². The number of carbonyl (C=O) groups is 3. The van der Waals surface area contributed by atoms with Crippen LogP contribution < -0.4 is 23.7 Å². The Morgan fingerprint density at radius 3 is 1.55 bits per heavy atom. The molecule has 0 radical (unpaired) electrons. The summed E-state index contributed by atoms with van der Waals surface area (Å²) in [6, 6.07) is 50.9. The molecule has 9 aromatic rings. The Morgan fingerprint density at radius 1 is 0.608 bits per heavy atom. The molecule has 3 aromatic heterocycles. The van der Waals surface area contributed by atoms with E-state index in [9.17, 15) is 43.5 Å². The standard InChI is InChI=1S/C27H27N3O4S.C27H27N3O4.C26H29N3O4.H2/c1-18(2)35(32,33)24-10-8-20(16-19(24)3)26(31)29-14-12-27(13-15-29)25-11-9-21(17-28)30(25)22-6-4-5-7-23(22)34-27;1-26(2,33)21-9-7-18(15-19(21)17-31)25(32)29-13-11-27(12-14-29)24-10-8-20(16-28)30(24)22-5-3-4-6-23(22)34-27;1-4-31-22-11-10-18(16-23(22)32-5-2)25(30)29-14-12-26(13-15-29)20-17-27-28(3)24(20)19-8-6-7-9-21(19)33-26;/h4-11,16,18H,12-15H2,1-3H3;3-10,15,31,33H,11-14,17H2,1-2H3;6-11,16-17H,4-5,12-15H2,1-3H3;1H. The van der Waals surface area contributed by atoms with E-state index in [-0.39, 0.29) is 30.7 Å². The fourth-order valence-electron chi connectivity index (χ4n) is 15.2. The minimum atomic E-state index is -3.41. The number of ether oxygens (including phenoxy) is 5. The van der Waals surface area contributed by atoms with Crippen LogP contribution in [-0.4, -0.2) is 128 Å². The van der Waals surface area contributed by atoms with Gasteiger partial charge in [-0.1, -0.05) is 42.5 Å². The summed E-state index contributed by atoms with van der Waals surface area (Å²) in [5.41, 5.74) is 8.44. The first-order chi connectivity index (χ1) is 49.0. The van der Waals surface area contributed by atoms with Gasteiger partial charge in [0.1, 0.15) is 46.4 Å². The van der Waals surface area contributed by atoms with Crippen molar-refractivity contribution < 1.29 is 58.1 Å². The van der Waals surface area contributed by atoms with Crippen LogP contribution in [-0.2, 0) is 45.9 Å². The zero-order valence-corrected chi connectivity index (χ0v) is 59.4. The normalized spacial score (nSPS) is 16.3. The first kappa shape index (κ1) is 69.8. The summed E-state index contributed by atoms with van der Waals surface area (Å²) < 4.78 is 62.1. The number of benzene rings is 6. The molecule has 0 bridgehead atoms. The molecule has 0 saturated carbocycles. The fraction of sp³-hybridized carbons (Fsp3) is 0.350. The zero-order valence-electron chi connectivity index (χ0n) is 58.6. The third-order valence-corrected chi connectivity index (χ3v) is 22.8. The van der Waals surface area contributed by atoms with Crippen LogP contribution in [0, 0.1) is 29.6 Å². The monoisotopic (exact) mass is 1400 g/mol. The van der Waals surface area contributed by atoms with Gasteiger partial charge in [-0.3, -0.25) is 28.2 Å². The van der Waals surface area contributed by atoms with E-state index < -0.39 is 37.5 Å². The molecule has 3 saturated heterocycles. The zero-order chi connectivity index (χ0) is 72.0. The molecule has 6 aliphatic heterocycles. The van der Waals surface area contributed by atoms with Crippen molar-refractivity contribution in [2.75, 3.05) is 52.5 Å². The SMILES string of the molecule is CC(C)(O)c1ccc(C(=O)N2CCC3(CC2)Oc2ccccc2-n2c(C#N)ccc23)cc1CO.CCOc1ccc(C(=O)N2CCC3(CC2)Oc2ccccc2-c2c3cnn2C)cc1OCC.Cc1cc(C(=O)N2CCC3(CC2)Oc2ccccc2-n2c(C#N)ccc23)ccc1S(=O)(=O)C(C)C.[HH]. The molecular formula is C80H85N9O12S. The lowest BCUT2D eigenvalue weighted by atomic mass is 9.81. The Bertz CT molecular complexity index is 4930. The highest BCUT2D eigenvalue weighted by Crippen LogP contribution is 2.51. The molecule has 21 nitrogen and oxygen atoms in total. The average molecular weight is 1400 g/mol. The molecule has 9 heterocycles. The van der Waals surface area contributed by atoms with Crippen LogP contribution in [0.5, 0.6) is 28.7 Å². The van der Waals surface area contributed by atoms with E-state index in [1.54, 1.807) is 86.9 Å². The maximum Gasteiger partial charge on any atom is 0.253 e. The molecular weight excluding hydrogens is 1310 g/mol. The summed E-state index contributed by atoms with van der Waals surface area (Å²) in [6.45, 7) is 16.2. The van der Waals surface area contributed by atoms with E-state index in [0.717, 1.165) is 56.8 Å². The van der Waals surface area contributed by atoms with Crippen molar-refractivity contribution >= 4 is 27.6 Å². The van der Waals surface area contributed by atoms with Crippen molar-refractivity contribution in [1.29, 1.82) is 10.5 Å². The minimum Gasteiger partial charge on any atom is -0.490 e. The number of piperidine rings is 3. The van der Waals surface area contributed by atoms with Crippen LogP contribution in [0.3, 0.4) is 0 Å². The second-order valence-corrected chi connectivity index (χ2v) is 29.9. The molecule has 102 heavy (non-hydrogen) atoms. The van der Waals surface area contributed by atoms with Gasteiger partial charge in [0, 0.05) is 114 Å². The number of rotatable bonds is 11. The van der Waals surface area contributed by atoms with Crippen molar-refractivity contribution in [1.82, 2.24) is 33.6 Å². The molecule has 2 N–H and O–H groups in total. The highest BCUT2D eigenvalue weighted by Gasteiger charge is 2.49. The largest absolute Gasteiger partial charge is 0.490 e. The van der Waals surface area contributed by atoms with Crippen LogP contribution in [0.25, 0.3) is 22.6 Å². The summed E-state index contributed by atoms with van der Waals surface area (Å²) in [6.07, 6.45) is 5.69. The molecule has 15 rings (SSSR count). The number of hydrogen-bond acceptors (Lipinski definition) is 15. The summed E-state index contributed by atoms with van der Waals surface area (Å²) in [5.74, 6) is 3.36. The Kier molecular flexibility index (Phi) is 19.0. The topological polar surface area (TPSA) is 257 Å². The van der Waals surface area contributed by atoms with Crippen LogP contribution >= 0.6 is 0 Å². The smallest absolute Gasteiger partial charge is 0.253 e. The molecule has 528 valence electrons. The molecule has 3 fully saturated rings. The average Bonchev–Trinajstić information content (AvgIpc) is 1.72. The Balaban J connectivity index is 0.000000145. The number of hydrogen-bond donors (Lipinski definition) is 2. The summed E-state index contributed by atoms with van der Waals surface area (Å²) in [7, 11) is -1.45. The maximum atomic E-state index is 13.3. The number of aromatic nitrogens is 4. The predicted molar refractivity (Wildman–Crippen MR) is 384 cm³/mol. The first-order valence-electron chi connectivity index (χ1n) is 34.7. The number of amides is 3. The van der Waals surface area contributed by atoms with E-state index in [4.69, 9.17) is 23.7 Å². The second-order valence-electron chi connectivity index (χ2n) is 27.4. The van der Waals surface area contributed by atoms with Gasteiger partial charge in [0.05, 0.1) is 70.2 Å². The lowest BCUT2D eigenvalue weighted by molar-refractivity contribution is -0.00984. The van der Waals surface area contributed by atoms with Gasteiger partial charge in [-0.2, -0.15) is 15.6 Å². The highest BCUT2D eigenvalue weighted by molar-refractivity contribution is 7.92. The number of sulfone groups is 1. The molecule has 22 heteroatoms. The Hall–Kier alpha value is -10.7. The van der Waals surface area contributed by atoms with E-state index in [1.807, 2.05) is 149 Å². The van der Waals surface area contributed by atoms with E-state index in [0.29, 0.717) is 147 Å². The van der Waals surface area contributed by atoms with Crippen LogP contribution in [0.2, 0.25) is 0 Å². The van der Waals surface area contributed by atoms with Crippen LogP contribution in [0.4, 0.5) is 0 Å². The Labute approximate surface area is 595 Å². The van der Waals surface area contributed by atoms with Crippen molar-refractivity contribution in [2.45, 2.75) is 126 Å². The van der Waals surface area contributed by atoms with Gasteiger partial charge in [-0.15, -0.1) is 0 Å². The quantitative estimate of drug-likeness (QED) is 0.122. The van der Waals surface area contributed by atoms with Crippen LogP contribution in [0.15, 0.2) is 163 Å². The van der Waals surface area contributed by atoms with E-state index >= 15 is 0 Å². The first-order valence-corrected chi connectivity index (χ1v) is 36.3. The summed E-state index contributed by atoms with van der Waals surface area (Å²) >= 11 is 0. The third kappa shape index (κ3) is 12.6. The number of para-hydroxylation sites is 5. The van der Waals surface area contributed by atoms with Gasteiger partial charge in [-0.05, 0) is 174 Å². The number of aliphatic hydroxyl groups excluding tert-OH is 1. The van der Waals surface area contributed by atoms with Crippen molar-refractivity contribution in [3.63, 3.8) is 0 Å². The molecule has 0 aliphatic carbocycles. The summed E-state index contributed by atoms with van der Waals surface area (Å²) in [5, 5.41) is 43.4. The van der Waals surface area contributed by atoms with Gasteiger partial charge in [0.2, 0.25) is 0 Å². The minimum absolute atomic E-state index is 0. The van der Waals surface area contributed by atoms with Gasteiger partial charge in [-0.25, -0.2) is 8.42 Å². The third-order valence-electron chi connectivity index (χ3n) is 20.5. The molecule has 6 aromatic carbocycles. The van der Waals surface area contributed by atoms with Crippen molar-refractivity contribution in [3.05, 3.63) is 220 Å². The van der Waals surface area contributed by atoms with Gasteiger partial charge in [0.25, 0.3) is 17.7 Å². The van der Waals surface area contributed by atoms with Gasteiger partial charge < -0.3 is 48.6 Å². The van der Waals surface area contributed by atoms with Crippen molar-refractivity contribution in [2.24, 2.45) is 7.05 Å².